The minimum absolute atomic E-state index is 0.00286. The first-order valence-electron chi connectivity index (χ1n) is 24.8. The number of thiophene rings is 1. The molecule has 13 aromatic rings. The van der Waals surface area contributed by atoms with Crippen LogP contribution >= 0.6 is 11.3 Å². The van der Waals surface area contributed by atoms with E-state index < -0.39 is 8.07 Å². The second kappa shape index (κ2) is 15.8. The van der Waals surface area contributed by atoms with E-state index in [-0.39, 0.29) is 11.8 Å². The van der Waals surface area contributed by atoms with Crippen LogP contribution < -0.4 is 20.7 Å². The normalized spacial score (nSPS) is 14.8. The summed E-state index contributed by atoms with van der Waals surface area (Å²) < 4.78 is 5.15. The average Bonchev–Trinajstić information content (AvgIpc) is 4.00. The molecule has 2 atom stereocenters. The van der Waals surface area contributed by atoms with Crippen LogP contribution in [0.15, 0.2) is 261 Å². The lowest BCUT2D eigenvalue weighted by molar-refractivity contribution is 0.760. The van der Waals surface area contributed by atoms with Crippen molar-refractivity contribution >= 4 is 82.1 Å². The molecule has 71 heavy (non-hydrogen) atoms. The summed E-state index contributed by atoms with van der Waals surface area (Å²) in [6.07, 6.45) is 0. The number of rotatable bonds is 7. The third kappa shape index (κ3) is 5.85. The largest absolute Gasteiger partial charge is 0.309 e. The van der Waals surface area contributed by atoms with E-state index in [9.17, 15) is 0 Å². The first-order chi connectivity index (χ1) is 35.3. The van der Waals surface area contributed by atoms with E-state index in [1.807, 2.05) is 11.3 Å². The van der Waals surface area contributed by atoms with Crippen molar-refractivity contribution in [2.24, 2.45) is 0 Å². The van der Waals surface area contributed by atoms with Gasteiger partial charge in [0.1, 0.15) is 0 Å². The van der Waals surface area contributed by atoms with E-state index in [4.69, 9.17) is 0 Å². The van der Waals surface area contributed by atoms with E-state index in [0.717, 1.165) is 0 Å². The Morgan fingerprint density at radius 3 is 1.68 bits per heavy atom. The SMILES string of the molecule is c1ccc(-c2cccc([Si](c3ccccc3)(c3ccccc3)c3cccc4c3C3c5ccccc5C4c4cccc(-c5cccc6c5c5ccccc5n6-c5ccc6sc7ccccc7c6c5)c43)c2)cc1. The molecular formula is C68H45NSSi. The molecule has 0 aliphatic heterocycles. The predicted molar refractivity (Wildman–Crippen MR) is 303 cm³/mol. The summed E-state index contributed by atoms with van der Waals surface area (Å²) in [5, 5.41) is 10.8. The molecule has 11 aromatic carbocycles. The molecule has 16 rings (SSSR count). The van der Waals surface area contributed by atoms with Crippen LogP contribution in [0.3, 0.4) is 0 Å². The Kier molecular flexibility index (Phi) is 9.05. The summed E-state index contributed by atoms with van der Waals surface area (Å²) in [5.41, 5.74) is 17.3. The first kappa shape index (κ1) is 40.5. The molecule has 0 N–H and O–H groups in total. The van der Waals surface area contributed by atoms with Gasteiger partial charge in [-0.3, -0.25) is 0 Å². The summed E-state index contributed by atoms with van der Waals surface area (Å²) in [6, 6.07) is 99.3. The van der Waals surface area contributed by atoms with Crippen LogP contribution in [0.5, 0.6) is 0 Å². The Balaban J connectivity index is 1.01. The van der Waals surface area contributed by atoms with Crippen LogP contribution in [0.4, 0.5) is 0 Å². The quantitative estimate of drug-likeness (QED) is 0.111. The zero-order chi connectivity index (χ0) is 46.6. The van der Waals surface area contributed by atoms with E-state index in [1.165, 1.54) is 124 Å². The molecule has 0 saturated heterocycles. The highest BCUT2D eigenvalue weighted by Gasteiger charge is 2.50. The van der Waals surface area contributed by atoms with Gasteiger partial charge in [0.15, 0.2) is 8.07 Å². The van der Waals surface area contributed by atoms with Crippen molar-refractivity contribution in [1.29, 1.82) is 0 Å². The van der Waals surface area contributed by atoms with Crippen molar-refractivity contribution in [3.8, 4) is 27.9 Å². The van der Waals surface area contributed by atoms with Crippen molar-refractivity contribution in [1.82, 2.24) is 4.57 Å². The fraction of sp³-hybridized carbons (Fsp3) is 0.0294. The Labute approximate surface area is 418 Å². The molecule has 3 aliphatic rings. The van der Waals surface area contributed by atoms with E-state index in [2.05, 4.69) is 265 Å². The standard InChI is InChI=1S/C68H45NSSi/c1-4-20-44(21-5-1)45-22-16-27-49(42-45)71(47-23-6-2-7-24-47,48-25-8-3-9-26-48)63-39-19-35-57-64-51-29-10-11-30-54(51)68(67(57)63)66-53(32-17-34-56(64)66)52-33-18-37-60-65(52)55-31-12-14-36-59(55)69(60)46-40-41-62-58(43-46)50-28-13-15-38-61(50)70-62/h1-43,64,68H. The van der Waals surface area contributed by atoms with E-state index in [1.54, 1.807) is 0 Å². The van der Waals surface area contributed by atoms with E-state index in [0.29, 0.717) is 0 Å². The molecule has 2 heterocycles. The third-order valence-electron chi connectivity index (χ3n) is 15.9. The van der Waals surface area contributed by atoms with Gasteiger partial charge in [-0.25, -0.2) is 0 Å². The van der Waals surface area contributed by atoms with Crippen molar-refractivity contribution in [3.63, 3.8) is 0 Å². The lowest BCUT2D eigenvalue weighted by atomic mass is 9.60. The second-order valence-electron chi connectivity index (χ2n) is 19.4. The van der Waals surface area contributed by atoms with Gasteiger partial charge in [0.05, 0.1) is 11.0 Å². The van der Waals surface area contributed by atoms with Gasteiger partial charge in [-0.2, -0.15) is 0 Å². The summed E-state index contributed by atoms with van der Waals surface area (Å²) in [6.45, 7) is 0. The Bertz CT molecular complexity index is 4200. The molecule has 2 aromatic heterocycles. The Hall–Kier alpha value is -8.34. The minimum Gasteiger partial charge on any atom is -0.309 e. The summed E-state index contributed by atoms with van der Waals surface area (Å²) in [7, 11) is -3.07. The van der Waals surface area contributed by atoms with Gasteiger partial charge in [-0.05, 0) is 113 Å². The number of benzene rings is 11. The number of aromatic nitrogens is 1. The maximum absolute atomic E-state index is 3.07. The summed E-state index contributed by atoms with van der Waals surface area (Å²) in [4.78, 5) is 0. The van der Waals surface area contributed by atoms with Crippen LogP contribution in [0.2, 0.25) is 0 Å². The van der Waals surface area contributed by atoms with Crippen LogP contribution in [-0.4, -0.2) is 12.6 Å². The van der Waals surface area contributed by atoms with Gasteiger partial charge in [0.2, 0.25) is 0 Å². The fourth-order valence-electron chi connectivity index (χ4n) is 13.2. The second-order valence-corrected chi connectivity index (χ2v) is 24.2. The van der Waals surface area contributed by atoms with Crippen LogP contribution in [0.25, 0.3) is 69.9 Å². The molecule has 2 unspecified atom stereocenters. The monoisotopic (exact) mass is 935 g/mol. The third-order valence-corrected chi connectivity index (χ3v) is 21.9. The van der Waals surface area contributed by atoms with Crippen molar-refractivity contribution in [2.45, 2.75) is 11.8 Å². The highest BCUT2D eigenvalue weighted by molar-refractivity contribution is 7.25. The van der Waals surface area contributed by atoms with Crippen LogP contribution in [0.1, 0.15) is 45.2 Å². The van der Waals surface area contributed by atoms with Gasteiger partial charge in [0.25, 0.3) is 0 Å². The Morgan fingerprint density at radius 1 is 0.338 bits per heavy atom. The van der Waals surface area contributed by atoms with Gasteiger partial charge >= 0.3 is 0 Å². The van der Waals surface area contributed by atoms with Gasteiger partial charge < -0.3 is 4.57 Å². The zero-order valence-electron chi connectivity index (χ0n) is 38.8. The molecule has 3 aliphatic carbocycles. The molecule has 1 nitrogen and oxygen atoms in total. The van der Waals surface area contributed by atoms with Gasteiger partial charge in [-0.1, -0.05) is 224 Å². The summed E-state index contributed by atoms with van der Waals surface area (Å²) >= 11 is 1.87. The number of fused-ring (bicyclic) bond motifs is 6. The lowest BCUT2D eigenvalue weighted by Gasteiger charge is -2.47. The summed E-state index contributed by atoms with van der Waals surface area (Å²) in [5.74, 6) is 0.0887. The highest BCUT2D eigenvalue weighted by atomic mass is 32.1. The highest BCUT2D eigenvalue weighted by Crippen LogP contribution is 2.58. The molecule has 332 valence electrons. The number of hydrogen-bond acceptors (Lipinski definition) is 1. The number of hydrogen-bond donors (Lipinski definition) is 0. The predicted octanol–water partition coefficient (Wildman–Crippen LogP) is 14.9. The first-order valence-corrected chi connectivity index (χ1v) is 27.6. The zero-order valence-corrected chi connectivity index (χ0v) is 40.7. The van der Waals surface area contributed by atoms with E-state index >= 15 is 0 Å². The fourth-order valence-corrected chi connectivity index (χ4v) is 19.3. The Morgan fingerprint density at radius 2 is 0.887 bits per heavy atom. The molecular weight excluding hydrogens is 891 g/mol. The molecule has 0 fully saturated rings. The smallest absolute Gasteiger partial charge is 0.179 e. The molecule has 0 radical (unpaired) electrons. The maximum Gasteiger partial charge on any atom is 0.179 e. The molecule has 2 bridgehead atoms. The van der Waals surface area contributed by atoms with Crippen molar-refractivity contribution < 1.29 is 0 Å². The van der Waals surface area contributed by atoms with Gasteiger partial charge in [-0.15, -0.1) is 11.3 Å². The topological polar surface area (TPSA) is 4.93 Å². The van der Waals surface area contributed by atoms with Crippen molar-refractivity contribution in [3.05, 3.63) is 294 Å². The van der Waals surface area contributed by atoms with Crippen LogP contribution in [0, 0.1) is 0 Å². The number of nitrogens with zero attached hydrogens (tertiary/aromatic N) is 1. The molecule has 3 heteroatoms. The molecule has 0 amide bonds. The van der Waals surface area contributed by atoms with Crippen LogP contribution in [-0.2, 0) is 0 Å². The van der Waals surface area contributed by atoms with Gasteiger partial charge in [0, 0.05) is 48.5 Å². The molecule has 0 saturated carbocycles. The lowest BCUT2D eigenvalue weighted by Crippen LogP contribution is -2.75. The average molecular weight is 936 g/mol. The molecule has 0 spiro atoms. The number of para-hydroxylation sites is 1. The van der Waals surface area contributed by atoms with Crippen molar-refractivity contribution in [2.75, 3.05) is 0 Å². The minimum atomic E-state index is -3.07. The maximum atomic E-state index is 2.52.